The van der Waals surface area contributed by atoms with Gasteiger partial charge in [-0.2, -0.15) is 4.39 Å². The number of hydrogen-bond donors (Lipinski definition) is 3. The lowest BCUT2D eigenvalue weighted by molar-refractivity contribution is 0.161. The van der Waals surface area contributed by atoms with Crippen LogP contribution in [0.15, 0.2) is 24.5 Å². The van der Waals surface area contributed by atoms with Crippen molar-refractivity contribution in [2.45, 2.75) is 70.5 Å². The van der Waals surface area contributed by atoms with Crippen LogP contribution >= 0.6 is 11.6 Å². The van der Waals surface area contributed by atoms with Crippen LogP contribution in [0.5, 0.6) is 0 Å². The zero-order chi connectivity index (χ0) is 23.4. The summed E-state index contributed by atoms with van der Waals surface area (Å²) >= 11 is 6.47. The zero-order valence-corrected chi connectivity index (χ0v) is 20.5. The third-order valence-corrected chi connectivity index (χ3v) is 7.13. The van der Waals surface area contributed by atoms with E-state index in [1.807, 2.05) is 6.07 Å². The lowest BCUT2D eigenvalue weighted by Gasteiger charge is -2.32. The second-order valence-corrected chi connectivity index (χ2v) is 10.4. The summed E-state index contributed by atoms with van der Waals surface area (Å²) in [6, 6.07) is 4.98. The third kappa shape index (κ3) is 6.55. The Morgan fingerprint density at radius 2 is 1.88 bits per heavy atom. The van der Waals surface area contributed by atoms with E-state index in [0.717, 1.165) is 55.8 Å². The van der Waals surface area contributed by atoms with Gasteiger partial charge in [0.1, 0.15) is 5.82 Å². The molecule has 180 valence electrons. The van der Waals surface area contributed by atoms with Gasteiger partial charge in [-0.05, 0) is 63.0 Å². The van der Waals surface area contributed by atoms with E-state index in [4.69, 9.17) is 16.3 Å². The number of pyridine rings is 2. The van der Waals surface area contributed by atoms with Crippen molar-refractivity contribution < 1.29 is 9.13 Å². The van der Waals surface area contributed by atoms with Crippen LogP contribution in [-0.4, -0.2) is 48.4 Å². The summed E-state index contributed by atoms with van der Waals surface area (Å²) in [7, 11) is 1.74. The lowest BCUT2D eigenvalue weighted by atomic mass is 9.90. The van der Waals surface area contributed by atoms with Gasteiger partial charge in [-0.25, -0.2) is 9.97 Å². The molecule has 2 saturated carbocycles. The maximum atomic E-state index is 14.3. The number of rotatable bonds is 10. The fourth-order valence-corrected chi connectivity index (χ4v) is 4.68. The average molecular weight is 476 g/mol. The van der Waals surface area contributed by atoms with E-state index in [1.165, 1.54) is 19.0 Å². The lowest BCUT2D eigenvalue weighted by Crippen LogP contribution is -2.42. The summed E-state index contributed by atoms with van der Waals surface area (Å²) in [5.74, 6) is 0.291. The Bertz CT molecular complexity index is 946. The van der Waals surface area contributed by atoms with Crippen LogP contribution in [0, 0.1) is 11.4 Å². The van der Waals surface area contributed by atoms with Crippen molar-refractivity contribution in [2.24, 2.45) is 5.41 Å². The maximum absolute atomic E-state index is 14.3. The second-order valence-electron chi connectivity index (χ2n) is 9.99. The molecule has 0 aromatic carbocycles. The molecule has 0 amide bonds. The van der Waals surface area contributed by atoms with Gasteiger partial charge < -0.3 is 20.7 Å². The molecule has 2 aromatic rings. The normalized spacial score (nSPS) is 22.6. The second kappa shape index (κ2) is 10.5. The Hall–Kier alpha value is -1.96. The number of anilines is 2. The molecular formula is C25H35ClFN5O. The molecule has 0 spiro atoms. The van der Waals surface area contributed by atoms with Crippen molar-refractivity contribution in [3.8, 4) is 11.1 Å². The largest absolute Gasteiger partial charge is 0.383 e. The minimum Gasteiger partial charge on any atom is -0.383 e. The number of nitrogens with zero attached hydrogens (tertiary/aromatic N) is 2. The molecule has 8 heteroatoms. The molecule has 2 aromatic heterocycles. The highest BCUT2D eigenvalue weighted by Crippen LogP contribution is 2.45. The van der Waals surface area contributed by atoms with Crippen molar-refractivity contribution in [2.75, 3.05) is 30.9 Å². The van der Waals surface area contributed by atoms with Gasteiger partial charge >= 0.3 is 0 Å². The molecule has 2 aliphatic carbocycles. The topological polar surface area (TPSA) is 71.1 Å². The predicted molar refractivity (Wildman–Crippen MR) is 132 cm³/mol. The number of ether oxygens (including phenoxy) is 1. The zero-order valence-electron chi connectivity index (χ0n) is 19.8. The van der Waals surface area contributed by atoms with Crippen LogP contribution in [-0.2, 0) is 4.74 Å². The van der Waals surface area contributed by atoms with Gasteiger partial charge in [0.2, 0.25) is 5.95 Å². The summed E-state index contributed by atoms with van der Waals surface area (Å²) in [4.78, 5) is 8.45. The van der Waals surface area contributed by atoms with E-state index in [0.29, 0.717) is 28.8 Å². The van der Waals surface area contributed by atoms with E-state index in [9.17, 15) is 4.39 Å². The summed E-state index contributed by atoms with van der Waals surface area (Å²) in [6.45, 7) is 5.83. The van der Waals surface area contributed by atoms with E-state index in [2.05, 4.69) is 39.8 Å². The molecule has 2 fully saturated rings. The summed E-state index contributed by atoms with van der Waals surface area (Å²) in [5, 5.41) is 11.0. The quantitative estimate of drug-likeness (QED) is 0.394. The van der Waals surface area contributed by atoms with Crippen molar-refractivity contribution >= 4 is 23.1 Å². The average Bonchev–Trinajstić information content (AvgIpc) is 3.53. The van der Waals surface area contributed by atoms with Gasteiger partial charge in [-0.3, -0.25) is 0 Å². The molecule has 3 N–H and O–H groups in total. The molecule has 0 saturated heterocycles. The van der Waals surface area contributed by atoms with Gasteiger partial charge in [0.25, 0.3) is 0 Å². The summed E-state index contributed by atoms with van der Waals surface area (Å²) in [6.07, 6.45) is 9.89. The minimum absolute atomic E-state index is 0.268. The molecule has 0 bridgehead atoms. The molecule has 4 rings (SSSR count). The van der Waals surface area contributed by atoms with E-state index < -0.39 is 5.95 Å². The Kier molecular flexibility index (Phi) is 7.72. The first-order valence-corrected chi connectivity index (χ1v) is 12.3. The smallest absolute Gasteiger partial charge is 0.236 e. The first-order chi connectivity index (χ1) is 15.8. The molecule has 0 aliphatic heterocycles. The van der Waals surface area contributed by atoms with Crippen LogP contribution in [0.3, 0.4) is 0 Å². The maximum Gasteiger partial charge on any atom is 0.236 e. The van der Waals surface area contributed by atoms with Crippen LogP contribution in [0.1, 0.15) is 52.4 Å². The van der Waals surface area contributed by atoms with Crippen LogP contribution < -0.4 is 16.0 Å². The fraction of sp³-hybridized carbons (Fsp3) is 0.600. The Morgan fingerprint density at radius 1 is 1.15 bits per heavy atom. The molecule has 1 atom stereocenters. The molecule has 6 nitrogen and oxygen atoms in total. The predicted octanol–water partition coefficient (Wildman–Crippen LogP) is 5.50. The van der Waals surface area contributed by atoms with Gasteiger partial charge in [-0.1, -0.05) is 18.5 Å². The highest BCUT2D eigenvalue weighted by atomic mass is 35.5. The highest BCUT2D eigenvalue weighted by molar-refractivity contribution is 6.33. The Labute approximate surface area is 201 Å². The van der Waals surface area contributed by atoms with E-state index >= 15 is 0 Å². The Morgan fingerprint density at radius 3 is 2.58 bits per heavy atom. The molecule has 33 heavy (non-hydrogen) atoms. The molecule has 2 heterocycles. The van der Waals surface area contributed by atoms with Gasteiger partial charge in [0.05, 0.1) is 17.3 Å². The first-order valence-electron chi connectivity index (χ1n) is 11.9. The first kappa shape index (κ1) is 24.2. The third-order valence-electron chi connectivity index (χ3n) is 6.83. The number of halogens is 2. The Balaban J connectivity index is 1.39. The van der Waals surface area contributed by atoms with Crippen LogP contribution in [0.2, 0.25) is 5.02 Å². The molecule has 0 radical (unpaired) electrons. The monoisotopic (exact) mass is 475 g/mol. The molecule has 2 aliphatic rings. The van der Waals surface area contributed by atoms with Crippen LogP contribution in [0.4, 0.5) is 15.9 Å². The summed E-state index contributed by atoms with van der Waals surface area (Å²) in [5.41, 5.74) is 2.25. The van der Waals surface area contributed by atoms with Gasteiger partial charge in [-0.15, -0.1) is 0 Å². The minimum atomic E-state index is -0.489. The molecule has 0 unspecified atom stereocenters. The number of methoxy groups -OCH3 is 1. The fourth-order valence-electron chi connectivity index (χ4n) is 4.47. The number of nitrogens with one attached hydrogen (secondary N) is 3. The van der Waals surface area contributed by atoms with Crippen LogP contribution in [0.25, 0.3) is 11.1 Å². The number of aromatic nitrogens is 2. The van der Waals surface area contributed by atoms with Crippen molar-refractivity contribution in [1.29, 1.82) is 0 Å². The summed E-state index contributed by atoms with van der Waals surface area (Å²) < 4.78 is 19.5. The van der Waals surface area contributed by atoms with E-state index in [-0.39, 0.29) is 5.41 Å². The molecular weight excluding hydrogens is 441 g/mol. The highest BCUT2D eigenvalue weighted by Gasteiger charge is 2.37. The van der Waals surface area contributed by atoms with Crippen molar-refractivity contribution in [3.63, 3.8) is 0 Å². The SMILES string of the molecule is COC[C@H](C)N[C@H]1CC[C@H](Nc2cc(-c3cnc(F)c(NCC4(C)CC4)c3)c(Cl)cn2)CC1. The standard InChI is InChI=1S/C25H35ClFN5O/c1-16(14-33-3)31-18-4-6-19(7-5-18)32-23-11-20(21(26)13-28-23)17-10-22(24(27)29-12-17)30-15-25(2)8-9-25/h10-13,16,18-19,30-31H,4-9,14-15H2,1-3H3,(H,28,32)/t16-,18-,19-/m0/s1. The number of hydrogen-bond acceptors (Lipinski definition) is 6. The van der Waals surface area contributed by atoms with Gasteiger partial charge in [0, 0.05) is 55.3 Å². The van der Waals surface area contributed by atoms with E-state index in [1.54, 1.807) is 19.4 Å². The van der Waals surface area contributed by atoms with Gasteiger partial charge in [0.15, 0.2) is 0 Å². The van der Waals surface area contributed by atoms with Crippen molar-refractivity contribution in [1.82, 2.24) is 15.3 Å². The van der Waals surface area contributed by atoms with Crippen molar-refractivity contribution in [3.05, 3.63) is 35.5 Å².